The molecule has 4 unspecified atom stereocenters. The summed E-state index contributed by atoms with van der Waals surface area (Å²) in [6.07, 6.45) is 16.2. The summed E-state index contributed by atoms with van der Waals surface area (Å²) in [7, 11) is 0. The molecule has 0 aromatic heterocycles. The summed E-state index contributed by atoms with van der Waals surface area (Å²) in [6, 6.07) is -0.354. The second kappa shape index (κ2) is 7.44. The monoisotopic (exact) mass is 382 g/mol. The first-order valence-electron chi connectivity index (χ1n) is 9.29. The first-order chi connectivity index (χ1) is 13.1. The van der Waals surface area contributed by atoms with Crippen LogP contribution in [0.1, 0.15) is 13.3 Å². The van der Waals surface area contributed by atoms with E-state index in [1.165, 1.54) is 16.7 Å². The van der Waals surface area contributed by atoms with E-state index in [9.17, 15) is 14.4 Å². The van der Waals surface area contributed by atoms with Crippen LogP contribution in [0.5, 0.6) is 0 Å². The fourth-order valence-electron chi connectivity index (χ4n) is 4.06. The van der Waals surface area contributed by atoms with Gasteiger partial charge in [-0.05, 0) is 18.1 Å². The van der Waals surface area contributed by atoms with Crippen molar-refractivity contribution in [3.63, 3.8) is 0 Å². The third kappa shape index (κ3) is 3.28. The molecule has 4 aliphatic rings. The largest absolute Gasteiger partial charge is 0.299 e. The Morgan fingerprint density at radius 1 is 1.07 bits per heavy atom. The number of nitrogens with one attached hydrogen (secondary N) is 1. The van der Waals surface area contributed by atoms with Crippen molar-refractivity contribution >= 4 is 29.4 Å². The van der Waals surface area contributed by atoms with Crippen LogP contribution in [0.3, 0.4) is 0 Å². The van der Waals surface area contributed by atoms with Gasteiger partial charge in [0.25, 0.3) is 0 Å². The number of hydrogen-bond donors (Lipinski definition) is 1. The van der Waals surface area contributed by atoms with Gasteiger partial charge in [-0.2, -0.15) is 0 Å². The van der Waals surface area contributed by atoms with Gasteiger partial charge < -0.3 is 0 Å². The highest BCUT2D eigenvalue weighted by molar-refractivity contribution is 8.00. The van der Waals surface area contributed by atoms with E-state index >= 15 is 0 Å². The molecule has 2 fully saturated rings. The molecule has 0 aromatic carbocycles. The minimum Gasteiger partial charge on any atom is -0.299 e. The molecule has 2 aliphatic carbocycles. The Hall–Kier alpha value is -2.18. The van der Waals surface area contributed by atoms with Gasteiger partial charge in [-0.1, -0.05) is 48.6 Å². The zero-order valence-electron chi connectivity index (χ0n) is 15.1. The molecule has 4 rings (SSSR count). The predicted octanol–water partition coefficient (Wildman–Crippen LogP) is 1.94. The highest BCUT2D eigenvalue weighted by Gasteiger charge is 2.46. The van der Waals surface area contributed by atoms with Gasteiger partial charge in [0.05, 0.1) is 17.2 Å². The van der Waals surface area contributed by atoms with Crippen molar-refractivity contribution in [2.75, 3.05) is 12.3 Å². The number of thioether (sulfide) groups is 1. The normalized spacial score (nSPS) is 38.4. The van der Waals surface area contributed by atoms with E-state index in [-0.39, 0.29) is 47.3 Å². The van der Waals surface area contributed by atoms with Crippen molar-refractivity contribution < 1.29 is 14.4 Å². The number of carbonyl (C=O) groups is 3. The molecule has 0 spiro atoms. The van der Waals surface area contributed by atoms with Crippen molar-refractivity contribution in [3.8, 4) is 0 Å². The van der Waals surface area contributed by atoms with Crippen molar-refractivity contribution in [3.05, 3.63) is 59.8 Å². The zero-order valence-corrected chi connectivity index (χ0v) is 15.9. The average molecular weight is 382 g/mol. The molecule has 2 heterocycles. The number of likely N-dealkylation sites (tertiary alicyclic amines) is 1. The molecule has 2 saturated heterocycles. The van der Waals surface area contributed by atoms with E-state index in [1.54, 1.807) is 6.92 Å². The van der Waals surface area contributed by atoms with Gasteiger partial charge in [-0.25, -0.2) is 0 Å². The standard InChI is InChI=1S/C21H22N2O3S/c1-2-23-17(24)11-16(21(23)26)27-12-15-20(25)18-13-7-5-3-4-6-8-14(10-9-13)19(18)22-15/h3-10,15-16,18-19,22H,2,11-12H2,1H3/b4-3?,5-3-,6-4-,7-5?,8-6?,13-7+,14-8+. The quantitative estimate of drug-likeness (QED) is 0.753. The van der Waals surface area contributed by atoms with Crippen LogP contribution in [0.4, 0.5) is 0 Å². The van der Waals surface area contributed by atoms with Crippen LogP contribution in [-0.2, 0) is 14.4 Å². The highest BCUT2D eigenvalue weighted by Crippen LogP contribution is 2.36. The van der Waals surface area contributed by atoms with Crippen LogP contribution in [-0.4, -0.2) is 52.1 Å². The zero-order chi connectivity index (χ0) is 19.0. The third-order valence-corrected chi connectivity index (χ3v) is 6.74. The van der Waals surface area contributed by atoms with Crippen LogP contribution in [0, 0.1) is 5.92 Å². The van der Waals surface area contributed by atoms with E-state index in [2.05, 4.69) is 11.4 Å². The molecule has 0 aromatic rings. The number of allylic oxidation sites excluding steroid dienone is 7. The van der Waals surface area contributed by atoms with Gasteiger partial charge in [-0.15, -0.1) is 11.8 Å². The van der Waals surface area contributed by atoms with E-state index < -0.39 is 0 Å². The number of carbonyl (C=O) groups excluding carboxylic acids is 3. The molecule has 0 saturated carbocycles. The Morgan fingerprint density at radius 3 is 2.48 bits per heavy atom. The predicted molar refractivity (Wildman–Crippen MR) is 106 cm³/mol. The number of hydrogen-bond acceptors (Lipinski definition) is 5. The second-order valence-electron chi connectivity index (χ2n) is 7.02. The number of ketones is 1. The molecule has 2 bridgehead atoms. The fourth-order valence-corrected chi connectivity index (χ4v) is 5.27. The van der Waals surface area contributed by atoms with Crippen LogP contribution < -0.4 is 5.32 Å². The molecule has 140 valence electrons. The van der Waals surface area contributed by atoms with E-state index in [1.807, 2.05) is 42.5 Å². The molecule has 1 N–H and O–H groups in total. The lowest BCUT2D eigenvalue weighted by Crippen LogP contribution is -2.36. The molecule has 2 aliphatic heterocycles. The topological polar surface area (TPSA) is 66.5 Å². The summed E-state index contributed by atoms with van der Waals surface area (Å²) in [5.41, 5.74) is 2.10. The van der Waals surface area contributed by atoms with Crippen LogP contribution >= 0.6 is 11.8 Å². The molecule has 0 radical (unpaired) electrons. The number of Topliss-reactive ketones (excluding diaryl/α,β-unsaturated/α-hetero) is 1. The summed E-state index contributed by atoms with van der Waals surface area (Å²) in [5.74, 6) is 0.224. The van der Waals surface area contributed by atoms with E-state index in [0.717, 1.165) is 11.1 Å². The van der Waals surface area contributed by atoms with E-state index in [0.29, 0.717) is 12.3 Å². The average Bonchev–Trinajstić information content (AvgIpc) is 3.15. The van der Waals surface area contributed by atoms with E-state index in [4.69, 9.17) is 0 Å². The van der Waals surface area contributed by atoms with Crippen LogP contribution in [0.15, 0.2) is 59.8 Å². The summed E-state index contributed by atoms with van der Waals surface area (Å²) in [5, 5.41) is 3.10. The number of imide groups is 1. The molecule has 2 amide bonds. The molecule has 4 atom stereocenters. The Balaban J connectivity index is 1.49. The smallest absolute Gasteiger partial charge is 0.242 e. The molecular formula is C21H22N2O3S. The fraction of sp³-hybridized carbons (Fsp3) is 0.381. The first kappa shape index (κ1) is 18.2. The number of amides is 2. The summed E-state index contributed by atoms with van der Waals surface area (Å²) in [6.45, 7) is 2.22. The first-order valence-corrected chi connectivity index (χ1v) is 10.3. The van der Waals surface area contributed by atoms with Gasteiger partial charge in [-0.3, -0.25) is 24.6 Å². The lowest BCUT2D eigenvalue weighted by Gasteiger charge is -2.25. The lowest BCUT2D eigenvalue weighted by atomic mass is 9.80. The van der Waals surface area contributed by atoms with Gasteiger partial charge in [0.15, 0.2) is 5.78 Å². The van der Waals surface area contributed by atoms with Gasteiger partial charge in [0.1, 0.15) is 0 Å². The summed E-state index contributed by atoms with van der Waals surface area (Å²) in [4.78, 5) is 38.6. The summed E-state index contributed by atoms with van der Waals surface area (Å²) >= 11 is 1.42. The van der Waals surface area contributed by atoms with Gasteiger partial charge in [0.2, 0.25) is 11.8 Å². The highest BCUT2D eigenvalue weighted by atomic mass is 32.2. The molecule has 6 heteroatoms. The molecule has 27 heavy (non-hydrogen) atoms. The maximum Gasteiger partial charge on any atom is 0.242 e. The minimum atomic E-state index is -0.370. The van der Waals surface area contributed by atoms with Crippen molar-refractivity contribution in [2.45, 2.75) is 30.7 Å². The Bertz CT molecular complexity index is 836. The van der Waals surface area contributed by atoms with Crippen LogP contribution in [0.25, 0.3) is 0 Å². The second-order valence-corrected chi connectivity index (χ2v) is 8.25. The maximum atomic E-state index is 13.1. The Morgan fingerprint density at radius 2 is 1.78 bits per heavy atom. The van der Waals surface area contributed by atoms with Crippen molar-refractivity contribution in [1.29, 1.82) is 0 Å². The Labute approximate surface area is 162 Å². The third-order valence-electron chi connectivity index (χ3n) is 5.44. The Kier molecular flexibility index (Phi) is 5.02. The maximum absolute atomic E-state index is 13.1. The van der Waals surface area contributed by atoms with Crippen LogP contribution in [0.2, 0.25) is 0 Å². The number of rotatable bonds is 4. The summed E-state index contributed by atoms with van der Waals surface area (Å²) < 4.78 is 0. The van der Waals surface area contributed by atoms with Crippen molar-refractivity contribution in [1.82, 2.24) is 10.2 Å². The number of nitrogens with zero attached hydrogens (tertiary/aromatic N) is 1. The lowest BCUT2D eigenvalue weighted by molar-refractivity contribution is -0.138. The molecular weight excluding hydrogens is 360 g/mol. The van der Waals surface area contributed by atoms with Gasteiger partial charge in [0, 0.05) is 24.8 Å². The minimum absolute atomic E-state index is 0.0384. The van der Waals surface area contributed by atoms with Gasteiger partial charge >= 0.3 is 0 Å². The van der Waals surface area contributed by atoms with Crippen molar-refractivity contribution in [2.24, 2.45) is 5.92 Å². The molecule has 5 nitrogen and oxygen atoms in total. The SMILES string of the molecule is CCN1C(=O)CC(SCC2NC3/C4=C/C=C\C=C/C=C(C=C4)/C3C2=O)C1=O.